The molecule has 2 nitrogen and oxygen atoms in total. The van der Waals surface area contributed by atoms with Crippen LogP contribution in [0.1, 0.15) is 40.0 Å². The highest BCUT2D eigenvalue weighted by atomic mass is 16.5. The number of hydrogen-bond acceptors (Lipinski definition) is 2. The van der Waals surface area contributed by atoms with Gasteiger partial charge in [0.15, 0.2) is 0 Å². The molecule has 0 radical (unpaired) electrons. The molecule has 14 heavy (non-hydrogen) atoms. The highest BCUT2D eigenvalue weighted by Crippen LogP contribution is 2.39. The van der Waals surface area contributed by atoms with Crippen LogP contribution in [0.25, 0.3) is 0 Å². The second-order valence-corrected chi connectivity index (χ2v) is 4.47. The molecule has 2 heteroatoms. The lowest BCUT2D eigenvalue weighted by Gasteiger charge is -2.36. The highest BCUT2D eigenvalue weighted by molar-refractivity contribution is 4.90. The first-order valence-corrected chi connectivity index (χ1v) is 6.10. The number of rotatable bonds is 1. The maximum absolute atomic E-state index is 5.38. The fourth-order valence-corrected chi connectivity index (χ4v) is 2.58. The maximum atomic E-state index is 5.38. The van der Waals surface area contributed by atoms with Crippen LogP contribution in [-0.2, 0) is 4.74 Å². The first kappa shape index (κ1) is 12.0. The molecule has 0 spiro atoms. The summed E-state index contributed by atoms with van der Waals surface area (Å²) in [4.78, 5) is 0. The molecule has 0 amide bonds. The van der Waals surface area contributed by atoms with Crippen LogP contribution in [0.2, 0.25) is 0 Å². The summed E-state index contributed by atoms with van der Waals surface area (Å²) in [5.74, 6) is 0.904. The molecule has 2 rings (SSSR count). The lowest BCUT2D eigenvalue weighted by atomic mass is 9.73. The minimum atomic E-state index is 0.573. The minimum Gasteiger partial charge on any atom is -0.381 e. The van der Waals surface area contributed by atoms with E-state index in [4.69, 9.17) is 4.74 Å². The van der Waals surface area contributed by atoms with Gasteiger partial charge in [-0.05, 0) is 37.1 Å². The largest absolute Gasteiger partial charge is 0.381 e. The van der Waals surface area contributed by atoms with E-state index in [0.29, 0.717) is 5.41 Å². The van der Waals surface area contributed by atoms with Crippen molar-refractivity contribution in [1.82, 2.24) is 5.32 Å². The predicted molar refractivity (Wildman–Crippen MR) is 60.5 cm³/mol. The summed E-state index contributed by atoms with van der Waals surface area (Å²) >= 11 is 0. The van der Waals surface area contributed by atoms with Crippen molar-refractivity contribution in [3.05, 3.63) is 0 Å². The van der Waals surface area contributed by atoms with Gasteiger partial charge in [0.25, 0.3) is 0 Å². The third kappa shape index (κ3) is 2.71. The average Bonchev–Trinajstić information content (AvgIpc) is 2.71. The van der Waals surface area contributed by atoms with Gasteiger partial charge < -0.3 is 10.1 Å². The molecule has 0 aromatic rings. The van der Waals surface area contributed by atoms with Crippen LogP contribution in [0.5, 0.6) is 0 Å². The van der Waals surface area contributed by atoms with Crippen molar-refractivity contribution >= 4 is 0 Å². The second kappa shape index (κ2) is 5.72. The quantitative estimate of drug-likeness (QED) is 0.700. The monoisotopic (exact) mass is 199 g/mol. The number of nitrogens with one attached hydrogen (secondary N) is 1. The van der Waals surface area contributed by atoms with Gasteiger partial charge in [0.05, 0.1) is 0 Å². The van der Waals surface area contributed by atoms with Crippen LogP contribution in [0.4, 0.5) is 0 Å². The molecule has 2 heterocycles. The number of ether oxygens (including phenoxy) is 1. The van der Waals surface area contributed by atoms with Crippen molar-refractivity contribution in [1.29, 1.82) is 0 Å². The lowest BCUT2D eigenvalue weighted by molar-refractivity contribution is 0.0232. The van der Waals surface area contributed by atoms with E-state index < -0.39 is 0 Å². The van der Waals surface area contributed by atoms with E-state index in [-0.39, 0.29) is 0 Å². The summed E-state index contributed by atoms with van der Waals surface area (Å²) in [6, 6.07) is 0. The Balaban J connectivity index is 0.000000461. The van der Waals surface area contributed by atoms with Gasteiger partial charge in [-0.1, -0.05) is 20.8 Å². The van der Waals surface area contributed by atoms with Crippen molar-refractivity contribution < 1.29 is 4.74 Å². The Labute approximate surface area is 88.4 Å². The van der Waals surface area contributed by atoms with Crippen LogP contribution in [-0.4, -0.2) is 26.3 Å². The predicted octanol–water partition coefficient (Wildman–Crippen LogP) is 2.44. The van der Waals surface area contributed by atoms with E-state index in [9.17, 15) is 0 Å². The Kier molecular flexibility index (Phi) is 4.90. The SMILES string of the molecule is CC.CC1(C2CCOCC2)CCNC1. The van der Waals surface area contributed by atoms with Crippen LogP contribution < -0.4 is 5.32 Å². The Hall–Kier alpha value is -0.0800. The molecule has 0 aliphatic carbocycles. The second-order valence-electron chi connectivity index (χ2n) is 4.47. The Morgan fingerprint density at radius 3 is 2.36 bits per heavy atom. The van der Waals surface area contributed by atoms with Crippen molar-refractivity contribution in [2.24, 2.45) is 11.3 Å². The molecule has 0 aromatic heterocycles. The molecule has 0 bridgehead atoms. The molecular weight excluding hydrogens is 174 g/mol. The summed E-state index contributed by atoms with van der Waals surface area (Å²) in [6.07, 6.45) is 3.91. The molecular formula is C12H25NO. The van der Waals surface area contributed by atoms with Gasteiger partial charge in [0.2, 0.25) is 0 Å². The molecule has 2 aliphatic rings. The fraction of sp³-hybridized carbons (Fsp3) is 1.00. The van der Waals surface area contributed by atoms with Crippen molar-refractivity contribution in [3.63, 3.8) is 0 Å². The lowest BCUT2D eigenvalue weighted by Crippen LogP contribution is -2.34. The van der Waals surface area contributed by atoms with Gasteiger partial charge in [-0.2, -0.15) is 0 Å². The van der Waals surface area contributed by atoms with Crippen molar-refractivity contribution in [2.75, 3.05) is 26.3 Å². The Morgan fingerprint density at radius 1 is 1.21 bits per heavy atom. The molecule has 1 atom stereocenters. The standard InChI is InChI=1S/C10H19NO.C2H6/c1-10(4-5-11-8-10)9-2-6-12-7-3-9;1-2/h9,11H,2-8H2,1H3;1-2H3. The molecule has 2 aliphatic heterocycles. The zero-order chi connectivity index (χ0) is 10.4. The van der Waals surface area contributed by atoms with E-state index in [1.54, 1.807) is 0 Å². The van der Waals surface area contributed by atoms with E-state index in [0.717, 1.165) is 19.1 Å². The van der Waals surface area contributed by atoms with Crippen molar-refractivity contribution in [2.45, 2.75) is 40.0 Å². The highest BCUT2D eigenvalue weighted by Gasteiger charge is 2.37. The minimum absolute atomic E-state index is 0.573. The zero-order valence-electron chi connectivity index (χ0n) is 9.94. The molecule has 1 N–H and O–H groups in total. The number of hydrogen-bond donors (Lipinski definition) is 1. The van der Waals surface area contributed by atoms with Crippen LogP contribution in [0, 0.1) is 11.3 Å². The average molecular weight is 199 g/mol. The Morgan fingerprint density at radius 2 is 1.86 bits per heavy atom. The zero-order valence-corrected chi connectivity index (χ0v) is 9.94. The Bertz CT molecular complexity index is 146. The summed E-state index contributed by atoms with van der Waals surface area (Å²) in [6.45, 7) is 10.8. The third-order valence-corrected chi connectivity index (χ3v) is 3.61. The van der Waals surface area contributed by atoms with Gasteiger partial charge in [-0.25, -0.2) is 0 Å². The first-order valence-electron chi connectivity index (χ1n) is 6.10. The third-order valence-electron chi connectivity index (χ3n) is 3.61. The summed E-state index contributed by atoms with van der Waals surface area (Å²) in [5, 5.41) is 3.47. The molecule has 0 aromatic carbocycles. The summed E-state index contributed by atoms with van der Waals surface area (Å²) in [5.41, 5.74) is 0.573. The van der Waals surface area contributed by atoms with E-state index in [1.165, 1.54) is 32.4 Å². The van der Waals surface area contributed by atoms with Crippen LogP contribution >= 0.6 is 0 Å². The molecule has 0 saturated carbocycles. The molecule has 2 fully saturated rings. The van der Waals surface area contributed by atoms with E-state index in [2.05, 4.69) is 12.2 Å². The molecule has 1 unspecified atom stereocenters. The maximum Gasteiger partial charge on any atom is 0.0468 e. The smallest absolute Gasteiger partial charge is 0.0468 e. The fourth-order valence-electron chi connectivity index (χ4n) is 2.58. The van der Waals surface area contributed by atoms with Gasteiger partial charge in [-0.3, -0.25) is 0 Å². The first-order chi connectivity index (χ1) is 6.81. The topological polar surface area (TPSA) is 21.3 Å². The molecule has 2 saturated heterocycles. The summed E-state index contributed by atoms with van der Waals surface area (Å²) in [7, 11) is 0. The van der Waals surface area contributed by atoms with Gasteiger partial charge in [-0.15, -0.1) is 0 Å². The van der Waals surface area contributed by atoms with Gasteiger partial charge in [0.1, 0.15) is 0 Å². The molecule has 84 valence electrons. The van der Waals surface area contributed by atoms with E-state index >= 15 is 0 Å². The van der Waals surface area contributed by atoms with E-state index in [1.807, 2.05) is 13.8 Å². The van der Waals surface area contributed by atoms with Gasteiger partial charge >= 0.3 is 0 Å². The van der Waals surface area contributed by atoms with Crippen molar-refractivity contribution in [3.8, 4) is 0 Å². The normalized spacial score (nSPS) is 33.6. The van der Waals surface area contributed by atoms with Crippen LogP contribution in [0.3, 0.4) is 0 Å². The summed E-state index contributed by atoms with van der Waals surface area (Å²) < 4.78 is 5.38. The van der Waals surface area contributed by atoms with Gasteiger partial charge in [0, 0.05) is 19.8 Å². The van der Waals surface area contributed by atoms with Crippen LogP contribution in [0.15, 0.2) is 0 Å².